The van der Waals surface area contributed by atoms with Gasteiger partial charge >= 0.3 is 5.69 Å². The first-order chi connectivity index (χ1) is 15.9. The normalized spacial score (nSPS) is 12.5. The maximum absolute atomic E-state index is 13.2. The van der Waals surface area contributed by atoms with Gasteiger partial charge in [0.25, 0.3) is 5.56 Å². The Morgan fingerprint density at radius 2 is 1.76 bits per heavy atom. The number of anilines is 1. The first kappa shape index (κ1) is 25.2. The van der Waals surface area contributed by atoms with Crippen LogP contribution < -0.4 is 17.0 Å². The SMILES string of the molecule is C=CCn1c(SC(C)C(=O)c2c(N)n(C)c(=O)n(C)c2=O)nnc1-c1ccc(C(C)(C)C)cc1. The van der Waals surface area contributed by atoms with Crippen LogP contribution in [0.15, 0.2) is 51.7 Å². The molecule has 1 atom stereocenters. The van der Waals surface area contributed by atoms with Gasteiger partial charge in [0.1, 0.15) is 11.4 Å². The van der Waals surface area contributed by atoms with E-state index in [9.17, 15) is 14.4 Å². The Kier molecular flexibility index (Phi) is 7.02. The molecule has 3 aromatic rings. The molecule has 1 aromatic carbocycles. The number of rotatable bonds is 7. The van der Waals surface area contributed by atoms with Crippen molar-refractivity contribution in [2.75, 3.05) is 5.73 Å². The molecule has 0 bridgehead atoms. The third-order valence-corrected chi connectivity index (χ3v) is 6.73. The summed E-state index contributed by atoms with van der Waals surface area (Å²) in [7, 11) is 2.74. The number of nitrogens with two attached hydrogens (primary N) is 1. The van der Waals surface area contributed by atoms with Crippen LogP contribution in [0.3, 0.4) is 0 Å². The molecule has 0 aliphatic heterocycles. The lowest BCUT2D eigenvalue weighted by atomic mass is 9.87. The minimum atomic E-state index is -0.717. The molecule has 2 N–H and O–H groups in total. The van der Waals surface area contributed by atoms with Gasteiger partial charge in [-0.05, 0) is 17.9 Å². The number of allylic oxidation sites excluding steroid dienone is 1. The Hall–Kier alpha value is -3.40. The first-order valence-corrected chi connectivity index (χ1v) is 11.7. The van der Waals surface area contributed by atoms with Gasteiger partial charge in [0.15, 0.2) is 16.8 Å². The molecular formula is C24H30N6O3S. The summed E-state index contributed by atoms with van der Waals surface area (Å²) in [6.07, 6.45) is 1.73. The molecule has 2 aromatic heterocycles. The highest BCUT2D eigenvalue weighted by Gasteiger charge is 2.27. The molecule has 180 valence electrons. The number of hydrogen-bond donors (Lipinski definition) is 1. The van der Waals surface area contributed by atoms with Gasteiger partial charge in [0.2, 0.25) is 0 Å². The van der Waals surface area contributed by atoms with Crippen LogP contribution in [0, 0.1) is 0 Å². The maximum Gasteiger partial charge on any atom is 0.332 e. The summed E-state index contributed by atoms with van der Waals surface area (Å²) < 4.78 is 3.84. The van der Waals surface area contributed by atoms with Gasteiger partial charge in [0.05, 0.1) is 5.25 Å². The van der Waals surface area contributed by atoms with Crippen LogP contribution in [-0.4, -0.2) is 34.9 Å². The molecule has 0 spiro atoms. The highest BCUT2D eigenvalue weighted by atomic mass is 32.2. The zero-order valence-corrected chi connectivity index (χ0v) is 21.1. The second-order valence-electron chi connectivity index (χ2n) is 9.12. The summed E-state index contributed by atoms with van der Waals surface area (Å²) in [4.78, 5) is 37.9. The minimum Gasteiger partial charge on any atom is -0.384 e. The smallest absolute Gasteiger partial charge is 0.332 e. The van der Waals surface area contributed by atoms with Gasteiger partial charge in [-0.3, -0.25) is 23.3 Å². The van der Waals surface area contributed by atoms with Crippen molar-refractivity contribution >= 4 is 23.4 Å². The quantitative estimate of drug-likeness (QED) is 0.312. The molecular weight excluding hydrogens is 452 g/mol. The predicted molar refractivity (Wildman–Crippen MR) is 135 cm³/mol. The predicted octanol–water partition coefficient (Wildman–Crippen LogP) is 2.77. The summed E-state index contributed by atoms with van der Waals surface area (Å²) in [5, 5.41) is 8.46. The number of hydrogen-bond acceptors (Lipinski definition) is 7. The van der Waals surface area contributed by atoms with Crippen LogP contribution in [-0.2, 0) is 26.1 Å². The summed E-state index contributed by atoms with van der Waals surface area (Å²) in [5.41, 5.74) is 6.57. The van der Waals surface area contributed by atoms with E-state index in [4.69, 9.17) is 5.73 Å². The van der Waals surface area contributed by atoms with Gasteiger partial charge in [-0.25, -0.2) is 4.79 Å². The van der Waals surface area contributed by atoms with Crippen LogP contribution in [0.1, 0.15) is 43.6 Å². The fourth-order valence-electron chi connectivity index (χ4n) is 3.51. The minimum absolute atomic E-state index is 0.0317. The monoisotopic (exact) mass is 482 g/mol. The zero-order valence-electron chi connectivity index (χ0n) is 20.3. The third kappa shape index (κ3) is 4.63. The average Bonchev–Trinajstić information content (AvgIpc) is 3.18. The number of aromatic nitrogens is 5. The van der Waals surface area contributed by atoms with Crippen LogP contribution >= 0.6 is 11.8 Å². The molecule has 2 heterocycles. The summed E-state index contributed by atoms with van der Waals surface area (Å²) >= 11 is 1.17. The second kappa shape index (κ2) is 9.46. The number of thioether (sulfide) groups is 1. The summed E-state index contributed by atoms with van der Waals surface area (Å²) in [6, 6.07) is 8.14. The highest BCUT2D eigenvalue weighted by Crippen LogP contribution is 2.30. The van der Waals surface area contributed by atoms with E-state index < -0.39 is 22.3 Å². The van der Waals surface area contributed by atoms with Gasteiger partial charge < -0.3 is 5.73 Å². The van der Waals surface area contributed by atoms with Crippen molar-refractivity contribution in [3.8, 4) is 11.4 Å². The van der Waals surface area contributed by atoms with E-state index in [0.29, 0.717) is 17.5 Å². The van der Waals surface area contributed by atoms with Crippen LogP contribution in [0.25, 0.3) is 11.4 Å². The van der Waals surface area contributed by atoms with Crippen molar-refractivity contribution in [1.82, 2.24) is 23.9 Å². The van der Waals surface area contributed by atoms with E-state index in [2.05, 4.69) is 49.7 Å². The molecule has 0 aliphatic carbocycles. The van der Waals surface area contributed by atoms with E-state index in [1.807, 2.05) is 16.7 Å². The lowest BCUT2D eigenvalue weighted by Crippen LogP contribution is -2.42. The standard InChI is InChI=1S/C24H30N6O3S/c1-8-13-30-20(15-9-11-16(12-10-15)24(3,4)5)26-27-22(30)34-14(2)18(31)17-19(25)28(6)23(33)29(7)21(17)32/h8-12,14H,1,13,25H2,2-7H3. The fraction of sp³-hybridized carbons (Fsp3) is 0.375. The molecule has 0 saturated heterocycles. The second-order valence-corrected chi connectivity index (χ2v) is 10.4. The van der Waals surface area contributed by atoms with Crippen molar-refractivity contribution in [2.24, 2.45) is 14.1 Å². The highest BCUT2D eigenvalue weighted by molar-refractivity contribution is 8.00. The number of ketones is 1. The number of nitrogen functional groups attached to an aromatic ring is 1. The van der Waals surface area contributed by atoms with Crippen LogP contribution in [0.5, 0.6) is 0 Å². The average molecular weight is 483 g/mol. The zero-order chi connectivity index (χ0) is 25.4. The van der Waals surface area contributed by atoms with Gasteiger partial charge in [0, 0.05) is 26.2 Å². The maximum atomic E-state index is 13.2. The molecule has 0 amide bonds. The molecule has 0 aliphatic rings. The fourth-order valence-corrected chi connectivity index (χ4v) is 4.43. The topological polar surface area (TPSA) is 118 Å². The lowest BCUT2D eigenvalue weighted by molar-refractivity contribution is 0.0992. The van der Waals surface area contributed by atoms with Crippen LogP contribution in [0.2, 0.25) is 0 Å². The lowest BCUT2D eigenvalue weighted by Gasteiger charge is -2.19. The van der Waals surface area contributed by atoms with Crippen LogP contribution in [0.4, 0.5) is 5.82 Å². The summed E-state index contributed by atoms with van der Waals surface area (Å²) in [6.45, 7) is 12.4. The molecule has 0 fully saturated rings. The molecule has 3 rings (SSSR count). The largest absolute Gasteiger partial charge is 0.384 e. The van der Waals surface area contributed by atoms with Gasteiger partial charge in [-0.15, -0.1) is 16.8 Å². The summed E-state index contributed by atoms with van der Waals surface area (Å²) in [5.74, 6) is 0.0145. The van der Waals surface area contributed by atoms with Crippen molar-refractivity contribution < 1.29 is 4.79 Å². The van der Waals surface area contributed by atoms with E-state index in [1.54, 1.807) is 13.0 Å². The molecule has 1 unspecified atom stereocenters. The first-order valence-electron chi connectivity index (χ1n) is 10.8. The van der Waals surface area contributed by atoms with E-state index >= 15 is 0 Å². The van der Waals surface area contributed by atoms with E-state index in [1.165, 1.54) is 31.4 Å². The Balaban J connectivity index is 1.96. The number of benzene rings is 1. The van der Waals surface area contributed by atoms with Crippen molar-refractivity contribution in [3.63, 3.8) is 0 Å². The Labute approximate surface area is 202 Å². The van der Waals surface area contributed by atoms with Gasteiger partial charge in [-0.2, -0.15) is 0 Å². The van der Waals surface area contributed by atoms with Gasteiger partial charge in [-0.1, -0.05) is 62.9 Å². The van der Waals surface area contributed by atoms with E-state index in [-0.39, 0.29) is 16.8 Å². The Bertz CT molecular complexity index is 1360. The molecule has 0 saturated carbocycles. The van der Waals surface area contributed by atoms with Crippen molar-refractivity contribution in [3.05, 3.63) is 68.9 Å². The Morgan fingerprint density at radius 1 is 1.15 bits per heavy atom. The molecule has 10 heteroatoms. The van der Waals surface area contributed by atoms with Crippen molar-refractivity contribution in [1.29, 1.82) is 0 Å². The molecule has 9 nitrogen and oxygen atoms in total. The Morgan fingerprint density at radius 3 is 2.32 bits per heavy atom. The molecule has 0 radical (unpaired) electrons. The number of carbonyl (C=O) groups excluding carboxylic acids is 1. The number of Topliss-reactive ketones (excluding diaryl/α,β-unsaturated/α-hetero) is 1. The third-order valence-electron chi connectivity index (χ3n) is 5.65. The number of nitrogens with zero attached hydrogens (tertiary/aromatic N) is 5. The van der Waals surface area contributed by atoms with Crippen molar-refractivity contribution in [2.45, 2.75) is 50.1 Å². The number of carbonyl (C=O) groups is 1. The van der Waals surface area contributed by atoms with E-state index in [0.717, 1.165) is 14.7 Å². The molecule has 34 heavy (non-hydrogen) atoms.